The van der Waals surface area contributed by atoms with E-state index in [1.807, 2.05) is 24.3 Å². The first-order valence-electron chi connectivity index (χ1n) is 6.33. The van der Waals surface area contributed by atoms with E-state index in [9.17, 15) is 0 Å². The Morgan fingerprint density at radius 1 is 1.16 bits per heavy atom. The lowest BCUT2D eigenvalue weighted by molar-refractivity contribution is 1.19. The van der Waals surface area contributed by atoms with Gasteiger partial charge in [0.1, 0.15) is 4.91 Å². The number of allylic oxidation sites excluding steroid dienone is 6. The van der Waals surface area contributed by atoms with Crippen LogP contribution in [0.2, 0.25) is 0 Å². The van der Waals surface area contributed by atoms with Gasteiger partial charge in [-0.15, -0.1) is 0 Å². The van der Waals surface area contributed by atoms with Crippen molar-refractivity contribution in [1.29, 1.82) is 0 Å². The lowest BCUT2D eigenvalue weighted by atomic mass is 10.4. The molecule has 0 aliphatic heterocycles. The molecular weight excluding hydrogens is 248 g/mol. The predicted octanol–water partition coefficient (Wildman–Crippen LogP) is 5.40. The first kappa shape index (κ1) is 15.3. The third-order valence-electron chi connectivity index (χ3n) is 2.57. The van der Waals surface area contributed by atoms with Gasteiger partial charge in [0.2, 0.25) is 0 Å². The van der Waals surface area contributed by atoms with E-state index in [1.54, 1.807) is 6.08 Å². The second-order valence-corrected chi connectivity index (χ2v) is 6.04. The molecule has 0 aliphatic rings. The van der Waals surface area contributed by atoms with Gasteiger partial charge in [-0.3, -0.25) is 0 Å². The van der Waals surface area contributed by atoms with E-state index >= 15 is 0 Å². The van der Waals surface area contributed by atoms with Gasteiger partial charge in [-0.05, 0) is 30.9 Å². The molecule has 0 N–H and O–H groups in total. The van der Waals surface area contributed by atoms with Crippen molar-refractivity contribution in [2.75, 3.05) is 0 Å². The highest BCUT2D eigenvalue weighted by Crippen LogP contribution is 2.30. The van der Waals surface area contributed by atoms with Crippen LogP contribution in [0.15, 0.2) is 95.2 Å². The van der Waals surface area contributed by atoms with Gasteiger partial charge in [-0.2, -0.15) is 0 Å². The minimum Gasteiger partial charge on any atom is -0.0991 e. The first-order valence-corrected chi connectivity index (χ1v) is 7.56. The summed E-state index contributed by atoms with van der Waals surface area (Å²) in [6.45, 7) is 13.9. The molecule has 98 valence electrons. The van der Waals surface area contributed by atoms with Gasteiger partial charge in [0, 0.05) is 6.42 Å². The fourth-order valence-corrected chi connectivity index (χ4v) is 3.84. The van der Waals surface area contributed by atoms with Crippen LogP contribution in [0, 0.1) is 0 Å². The van der Waals surface area contributed by atoms with Crippen LogP contribution in [0.1, 0.15) is 13.3 Å². The molecule has 0 radical (unpaired) electrons. The van der Waals surface area contributed by atoms with Crippen molar-refractivity contribution in [2.45, 2.75) is 18.2 Å². The van der Waals surface area contributed by atoms with Gasteiger partial charge in [0.15, 0.2) is 9.80 Å². The number of benzene rings is 1. The smallest absolute Gasteiger partial charge is 0.0991 e. The Hall–Kier alpha value is -1.73. The lowest BCUT2D eigenvalue weighted by Crippen LogP contribution is -2.07. The molecule has 0 aliphatic carbocycles. The molecule has 19 heavy (non-hydrogen) atoms. The highest BCUT2D eigenvalue weighted by molar-refractivity contribution is 8.04. The SMILES string of the molecule is C=C/C=C\C(=C)[S+](/C(=C/C=C)CC)c1ccccc1. The molecule has 0 heterocycles. The van der Waals surface area contributed by atoms with Crippen LogP contribution < -0.4 is 0 Å². The van der Waals surface area contributed by atoms with Crippen molar-refractivity contribution < 1.29 is 0 Å². The second kappa shape index (κ2) is 8.39. The Morgan fingerprint density at radius 2 is 1.84 bits per heavy atom. The molecular formula is C18H21S+. The predicted molar refractivity (Wildman–Crippen MR) is 89.1 cm³/mol. The molecule has 1 heteroatoms. The van der Waals surface area contributed by atoms with Crippen LogP contribution in [-0.4, -0.2) is 0 Å². The summed E-state index contributed by atoms with van der Waals surface area (Å²) < 4.78 is 0. The molecule has 0 aromatic heterocycles. The lowest BCUT2D eigenvalue weighted by Gasteiger charge is -2.09. The van der Waals surface area contributed by atoms with Gasteiger partial charge in [-0.1, -0.05) is 56.5 Å². The third kappa shape index (κ3) is 4.46. The zero-order chi connectivity index (χ0) is 14.1. The van der Waals surface area contributed by atoms with Crippen molar-refractivity contribution in [1.82, 2.24) is 0 Å². The summed E-state index contributed by atoms with van der Waals surface area (Å²) in [6, 6.07) is 10.5. The van der Waals surface area contributed by atoms with Crippen LogP contribution >= 0.6 is 0 Å². The molecule has 1 unspecified atom stereocenters. The van der Waals surface area contributed by atoms with E-state index in [0.717, 1.165) is 11.3 Å². The van der Waals surface area contributed by atoms with Crippen LogP contribution in [0.25, 0.3) is 0 Å². The van der Waals surface area contributed by atoms with Crippen LogP contribution in [0.5, 0.6) is 0 Å². The summed E-state index contributed by atoms with van der Waals surface area (Å²) in [5, 5.41) is 0. The Bertz CT molecular complexity index is 492. The summed E-state index contributed by atoms with van der Waals surface area (Å²) in [4.78, 5) is 3.73. The largest absolute Gasteiger partial charge is 0.166 e. The summed E-state index contributed by atoms with van der Waals surface area (Å²) >= 11 is 0. The zero-order valence-corrected chi connectivity index (χ0v) is 12.3. The second-order valence-electron chi connectivity index (χ2n) is 3.90. The minimum atomic E-state index is -0.111. The topological polar surface area (TPSA) is 0 Å². The van der Waals surface area contributed by atoms with Gasteiger partial charge in [-0.25, -0.2) is 0 Å². The van der Waals surface area contributed by atoms with E-state index in [1.165, 1.54) is 9.80 Å². The summed E-state index contributed by atoms with van der Waals surface area (Å²) in [6.07, 6.45) is 10.7. The molecule has 1 aromatic carbocycles. The number of hydrogen-bond donors (Lipinski definition) is 0. The molecule has 0 nitrogen and oxygen atoms in total. The Balaban J connectivity index is 3.21. The van der Waals surface area contributed by atoms with Crippen LogP contribution in [0.4, 0.5) is 0 Å². The number of hydrogen-bond acceptors (Lipinski definition) is 0. The zero-order valence-electron chi connectivity index (χ0n) is 11.5. The van der Waals surface area contributed by atoms with Crippen molar-refractivity contribution in [3.05, 3.63) is 90.3 Å². The quantitative estimate of drug-likeness (QED) is 0.459. The summed E-state index contributed by atoms with van der Waals surface area (Å²) in [5.41, 5.74) is 0. The molecule has 0 amide bonds. The summed E-state index contributed by atoms with van der Waals surface area (Å²) in [7, 11) is -0.111. The first-order chi connectivity index (χ1) is 9.24. The van der Waals surface area contributed by atoms with Crippen molar-refractivity contribution in [3.8, 4) is 0 Å². The summed E-state index contributed by atoms with van der Waals surface area (Å²) in [5.74, 6) is 0. The maximum atomic E-state index is 4.22. The van der Waals surface area contributed by atoms with E-state index < -0.39 is 0 Å². The van der Waals surface area contributed by atoms with Gasteiger partial charge in [0.05, 0.1) is 10.9 Å². The molecule has 1 atom stereocenters. The van der Waals surface area contributed by atoms with Gasteiger partial charge in [0.25, 0.3) is 0 Å². The number of rotatable bonds is 7. The standard InChI is InChI=1S/C18H21S/c1-5-8-13-16(4)19(17(7-3)12-6-2)18-14-10-9-11-15-18/h5-6,8-15H,1-2,4,7H2,3H3/q+1/b13-8-,17-12+. The third-order valence-corrected chi connectivity index (χ3v) is 4.93. The van der Waals surface area contributed by atoms with E-state index in [-0.39, 0.29) is 10.9 Å². The fraction of sp³-hybridized carbons (Fsp3) is 0.111. The Kier molecular flexibility index (Phi) is 6.76. The van der Waals surface area contributed by atoms with E-state index in [2.05, 4.69) is 57.0 Å². The molecule has 0 saturated heterocycles. The normalized spacial score (nSPS) is 13.2. The van der Waals surface area contributed by atoms with Crippen molar-refractivity contribution in [2.24, 2.45) is 0 Å². The highest BCUT2D eigenvalue weighted by atomic mass is 32.2. The van der Waals surface area contributed by atoms with Gasteiger partial charge >= 0.3 is 0 Å². The monoisotopic (exact) mass is 269 g/mol. The average Bonchev–Trinajstić information content (AvgIpc) is 2.45. The molecule has 0 bridgehead atoms. The van der Waals surface area contributed by atoms with E-state index in [4.69, 9.17) is 0 Å². The molecule has 1 aromatic rings. The van der Waals surface area contributed by atoms with Crippen molar-refractivity contribution >= 4 is 10.9 Å². The maximum Gasteiger partial charge on any atom is 0.166 e. The maximum absolute atomic E-state index is 4.22. The van der Waals surface area contributed by atoms with Crippen LogP contribution in [-0.2, 0) is 10.9 Å². The van der Waals surface area contributed by atoms with Crippen LogP contribution in [0.3, 0.4) is 0 Å². The fourth-order valence-electron chi connectivity index (χ4n) is 1.73. The molecule has 1 rings (SSSR count). The molecule has 0 saturated carbocycles. The highest BCUT2D eigenvalue weighted by Gasteiger charge is 2.28. The Morgan fingerprint density at radius 3 is 2.37 bits per heavy atom. The average molecular weight is 269 g/mol. The van der Waals surface area contributed by atoms with E-state index in [0.29, 0.717) is 0 Å². The van der Waals surface area contributed by atoms with Gasteiger partial charge < -0.3 is 0 Å². The molecule has 0 fully saturated rings. The Labute approximate surface area is 119 Å². The molecule has 0 spiro atoms. The van der Waals surface area contributed by atoms with Crippen molar-refractivity contribution in [3.63, 3.8) is 0 Å². The minimum absolute atomic E-state index is 0.111.